The van der Waals surface area contributed by atoms with Crippen LogP contribution in [0.2, 0.25) is 0 Å². The molecule has 0 aliphatic carbocycles. The molecule has 3 heterocycles. The minimum absolute atomic E-state index is 0.185. The Morgan fingerprint density at radius 2 is 2.20 bits per heavy atom. The van der Waals surface area contributed by atoms with Crippen molar-refractivity contribution < 1.29 is 13.6 Å². The molecule has 0 unspecified atom stereocenters. The number of hydrogen-bond acceptors (Lipinski definition) is 6. The van der Waals surface area contributed by atoms with Gasteiger partial charge in [-0.25, -0.2) is 0 Å². The molecule has 0 aliphatic rings. The monoisotopic (exact) mass is 338 g/mol. The summed E-state index contributed by atoms with van der Waals surface area (Å²) in [6, 6.07) is 3.50. The fourth-order valence-corrected chi connectivity index (χ4v) is 1.88. The molecule has 0 amide bonds. The van der Waals surface area contributed by atoms with Crippen molar-refractivity contribution in [1.82, 2.24) is 20.0 Å². The van der Waals surface area contributed by atoms with Crippen LogP contribution in [-0.2, 0) is 13.2 Å². The lowest BCUT2D eigenvalue weighted by atomic mass is 10.5. The molecule has 0 fully saturated rings. The molecule has 0 atom stereocenters. The molecule has 7 nitrogen and oxygen atoms in total. The third-order valence-corrected chi connectivity index (χ3v) is 2.97. The third-order valence-electron chi connectivity index (χ3n) is 2.55. The molecule has 20 heavy (non-hydrogen) atoms. The van der Waals surface area contributed by atoms with E-state index in [1.807, 2.05) is 6.92 Å². The molecule has 0 aliphatic heterocycles. The molecule has 0 radical (unpaired) electrons. The molecule has 0 saturated carbocycles. The molecule has 104 valence electrons. The molecule has 0 bridgehead atoms. The largest absolute Gasteiger partial charge is 0.481 e. The van der Waals surface area contributed by atoms with Gasteiger partial charge in [-0.3, -0.25) is 4.68 Å². The number of hydrogen-bond donors (Lipinski definition) is 0. The van der Waals surface area contributed by atoms with Gasteiger partial charge in [-0.05, 0) is 35.0 Å². The van der Waals surface area contributed by atoms with Crippen molar-refractivity contribution in [2.45, 2.75) is 20.1 Å². The molecule has 3 rings (SSSR count). The summed E-state index contributed by atoms with van der Waals surface area (Å²) in [5.41, 5.74) is 0. The fourth-order valence-electron chi connectivity index (χ4n) is 1.58. The predicted molar refractivity (Wildman–Crippen MR) is 71.9 cm³/mol. The van der Waals surface area contributed by atoms with Crippen LogP contribution in [0.3, 0.4) is 0 Å². The van der Waals surface area contributed by atoms with Gasteiger partial charge < -0.3 is 13.6 Å². The van der Waals surface area contributed by atoms with E-state index in [-0.39, 0.29) is 6.61 Å². The molecule has 3 aromatic heterocycles. The number of aromatic nitrogens is 4. The standard InChI is InChI=1S/C12H11BrN4O3/c1-2-17-6-8(5-14-17)18-7-11-15-16-12(20-11)9-3-4-10(13)19-9/h3-6H,2,7H2,1H3. The lowest BCUT2D eigenvalue weighted by molar-refractivity contribution is 0.263. The van der Waals surface area contributed by atoms with Gasteiger partial charge in [0.1, 0.15) is 0 Å². The zero-order valence-corrected chi connectivity index (χ0v) is 12.2. The summed E-state index contributed by atoms with van der Waals surface area (Å²) in [4.78, 5) is 0. The van der Waals surface area contributed by atoms with E-state index in [2.05, 4.69) is 31.2 Å². The van der Waals surface area contributed by atoms with Crippen molar-refractivity contribution in [3.05, 3.63) is 35.1 Å². The Labute approximate surface area is 122 Å². The number of furan rings is 1. The van der Waals surface area contributed by atoms with Gasteiger partial charge in [-0.15, -0.1) is 10.2 Å². The van der Waals surface area contributed by atoms with Crippen LogP contribution in [0.4, 0.5) is 0 Å². The van der Waals surface area contributed by atoms with Crippen LogP contribution >= 0.6 is 15.9 Å². The fraction of sp³-hybridized carbons (Fsp3) is 0.250. The Morgan fingerprint density at radius 3 is 2.90 bits per heavy atom. The van der Waals surface area contributed by atoms with Gasteiger partial charge in [0.15, 0.2) is 22.8 Å². The van der Waals surface area contributed by atoms with Crippen LogP contribution in [0, 0.1) is 0 Å². The topological polar surface area (TPSA) is 79.1 Å². The SMILES string of the molecule is CCn1cc(OCc2nnc(-c3ccc(Br)o3)o2)cn1. The van der Waals surface area contributed by atoms with Crippen molar-refractivity contribution in [3.63, 3.8) is 0 Å². The third kappa shape index (κ3) is 2.74. The van der Waals surface area contributed by atoms with Gasteiger partial charge in [0, 0.05) is 6.54 Å². The summed E-state index contributed by atoms with van der Waals surface area (Å²) < 4.78 is 18.7. The molecular weight excluding hydrogens is 328 g/mol. The van der Waals surface area contributed by atoms with E-state index in [4.69, 9.17) is 13.6 Å². The van der Waals surface area contributed by atoms with Crippen LogP contribution in [-0.4, -0.2) is 20.0 Å². The number of ether oxygens (including phenoxy) is 1. The maximum absolute atomic E-state index is 5.51. The Balaban J connectivity index is 1.65. The van der Waals surface area contributed by atoms with Gasteiger partial charge in [-0.2, -0.15) is 5.10 Å². The van der Waals surface area contributed by atoms with E-state index in [1.54, 1.807) is 29.2 Å². The van der Waals surface area contributed by atoms with Crippen LogP contribution in [0.5, 0.6) is 5.75 Å². The molecule has 0 spiro atoms. The predicted octanol–water partition coefficient (Wildman–Crippen LogP) is 2.89. The quantitative estimate of drug-likeness (QED) is 0.711. The van der Waals surface area contributed by atoms with E-state index in [0.29, 0.717) is 28.0 Å². The summed E-state index contributed by atoms with van der Waals surface area (Å²) in [7, 11) is 0. The Bertz CT molecular complexity index is 703. The van der Waals surface area contributed by atoms with E-state index in [1.165, 1.54) is 0 Å². The van der Waals surface area contributed by atoms with Gasteiger partial charge >= 0.3 is 0 Å². The molecule has 3 aromatic rings. The van der Waals surface area contributed by atoms with E-state index in [9.17, 15) is 0 Å². The Morgan fingerprint density at radius 1 is 1.30 bits per heavy atom. The summed E-state index contributed by atoms with van der Waals surface area (Å²) >= 11 is 3.22. The number of rotatable bonds is 5. The second-order valence-corrected chi connectivity index (χ2v) is 4.71. The van der Waals surface area contributed by atoms with Crippen molar-refractivity contribution in [1.29, 1.82) is 0 Å². The van der Waals surface area contributed by atoms with Gasteiger partial charge in [-0.1, -0.05) is 0 Å². The highest BCUT2D eigenvalue weighted by Crippen LogP contribution is 2.24. The second-order valence-electron chi connectivity index (χ2n) is 3.93. The van der Waals surface area contributed by atoms with Gasteiger partial charge in [0.05, 0.1) is 12.4 Å². The first-order valence-electron chi connectivity index (χ1n) is 5.98. The smallest absolute Gasteiger partial charge is 0.283 e. The average Bonchev–Trinajstić information content (AvgIpc) is 3.16. The lowest BCUT2D eigenvalue weighted by Gasteiger charge is -1.97. The highest BCUT2D eigenvalue weighted by atomic mass is 79.9. The van der Waals surface area contributed by atoms with Crippen LogP contribution in [0.15, 0.2) is 38.0 Å². The van der Waals surface area contributed by atoms with Crippen LogP contribution in [0.1, 0.15) is 12.8 Å². The van der Waals surface area contributed by atoms with E-state index < -0.39 is 0 Å². The minimum Gasteiger partial charge on any atom is -0.481 e. The average molecular weight is 339 g/mol. The molecular formula is C12H11BrN4O3. The van der Waals surface area contributed by atoms with E-state index >= 15 is 0 Å². The van der Waals surface area contributed by atoms with E-state index in [0.717, 1.165) is 6.54 Å². The zero-order valence-electron chi connectivity index (χ0n) is 10.6. The normalized spacial score (nSPS) is 10.9. The minimum atomic E-state index is 0.185. The number of halogens is 1. The van der Waals surface area contributed by atoms with Crippen molar-refractivity contribution in [2.24, 2.45) is 0 Å². The first-order valence-corrected chi connectivity index (χ1v) is 6.77. The Hall–Kier alpha value is -2.09. The zero-order chi connectivity index (χ0) is 13.9. The molecule has 8 heteroatoms. The van der Waals surface area contributed by atoms with Gasteiger partial charge in [0.25, 0.3) is 11.8 Å². The summed E-state index contributed by atoms with van der Waals surface area (Å²) in [5.74, 6) is 1.86. The Kier molecular flexibility index (Phi) is 3.55. The van der Waals surface area contributed by atoms with Gasteiger partial charge in [0.2, 0.25) is 0 Å². The first-order chi connectivity index (χ1) is 9.74. The van der Waals surface area contributed by atoms with Crippen molar-refractivity contribution >= 4 is 15.9 Å². The summed E-state index contributed by atoms with van der Waals surface area (Å²) in [6.45, 7) is 2.98. The lowest BCUT2D eigenvalue weighted by Crippen LogP contribution is -1.95. The first kappa shape index (κ1) is 12.9. The maximum Gasteiger partial charge on any atom is 0.283 e. The maximum atomic E-state index is 5.51. The highest BCUT2D eigenvalue weighted by Gasteiger charge is 2.12. The van der Waals surface area contributed by atoms with Crippen LogP contribution < -0.4 is 4.74 Å². The van der Waals surface area contributed by atoms with Crippen LogP contribution in [0.25, 0.3) is 11.7 Å². The summed E-state index contributed by atoms with van der Waals surface area (Å²) in [6.07, 6.45) is 3.45. The molecule has 0 saturated heterocycles. The molecule has 0 N–H and O–H groups in total. The number of nitrogens with zero attached hydrogens (tertiary/aromatic N) is 4. The highest BCUT2D eigenvalue weighted by molar-refractivity contribution is 9.10. The van der Waals surface area contributed by atoms with Crippen molar-refractivity contribution in [3.8, 4) is 17.4 Å². The van der Waals surface area contributed by atoms with Crippen molar-refractivity contribution in [2.75, 3.05) is 0 Å². The summed E-state index contributed by atoms with van der Waals surface area (Å²) in [5, 5.41) is 11.9. The number of aryl methyl sites for hydroxylation is 1. The second kappa shape index (κ2) is 5.49. The molecule has 0 aromatic carbocycles.